The molecule has 3 aromatic carbocycles. The molecule has 1 aromatic heterocycles. The number of rotatable bonds is 5. The third-order valence-corrected chi connectivity index (χ3v) is 4.50. The maximum Gasteiger partial charge on any atom is 0.323 e. The summed E-state index contributed by atoms with van der Waals surface area (Å²) in [5.74, 6) is 0.432. The van der Waals surface area contributed by atoms with Gasteiger partial charge in [-0.25, -0.2) is 9.18 Å². The van der Waals surface area contributed by atoms with Crippen molar-refractivity contribution < 1.29 is 13.9 Å². The third-order valence-electron chi connectivity index (χ3n) is 4.50. The number of hydrogen-bond donors (Lipinski definition) is 3. The maximum atomic E-state index is 13.3. The summed E-state index contributed by atoms with van der Waals surface area (Å²) < 4.78 is 18.8. The molecule has 5 nitrogen and oxygen atoms in total. The molecule has 1 heterocycles. The van der Waals surface area contributed by atoms with Crippen LogP contribution < -0.4 is 15.4 Å². The highest BCUT2D eigenvalue weighted by Crippen LogP contribution is 2.35. The fourth-order valence-electron chi connectivity index (χ4n) is 3.18. The summed E-state index contributed by atoms with van der Waals surface area (Å²) in [6.45, 7) is 2.50. The molecular weight excluding hydrogens is 369 g/mol. The van der Waals surface area contributed by atoms with Crippen LogP contribution in [-0.2, 0) is 0 Å². The van der Waals surface area contributed by atoms with E-state index in [2.05, 4.69) is 15.6 Å². The number of fused-ring (bicyclic) bond motifs is 1. The lowest BCUT2D eigenvalue weighted by Crippen LogP contribution is -2.19. The monoisotopic (exact) mass is 389 g/mol. The number of nitrogens with one attached hydrogen (secondary N) is 3. The Morgan fingerprint density at radius 2 is 1.69 bits per heavy atom. The van der Waals surface area contributed by atoms with Gasteiger partial charge in [-0.2, -0.15) is 0 Å². The van der Waals surface area contributed by atoms with E-state index in [1.807, 2.05) is 31.2 Å². The molecule has 146 valence electrons. The summed E-state index contributed by atoms with van der Waals surface area (Å²) in [4.78, 5) is 16.0. The van der Waals surface area contributed by atoms with Crippen LogP contribution in [0.3, 0.4) is 0 Å². The van der Waals surface area contributed by atoms with Crippen LogP contribution in [-0.4, -0.2) is 17.6 Å². The molecule has 0 bridgehead atoms. The van der Waals surface area contributed by atoms with Gasteiger partial charge in [0.25, 0.3) is 0 Å². The second-order valence-electron chi connectivity index (χ2n) is 6.46. The van der Waals surface area contributed by atoms with Crippen molar-refractivity contribution in [3.8, 4) is 17.0 Å². The fraction of sp³-hybridized carbons (Fsp3) is 0.0870. The van der Waals surface area contributed by atoms with Crippen molar-refractivity contribution >= 4 is 28.3 Å². The predicted octanol–water partition coefficient (Wildman–Crippen LogP) is 6.02. The number of urea groups is 1. The molecule has 0 fully saturated rings. The Labute approximate surface area is 167 Å². The van der Waals surface area contributed by atoms with Crippen LogP contribution in [0, 0.1) is 5.82 Å². The van der Waals surface area contributed by atoms with Crippen LogP contribution in [0.2, 0.25) is 0 Å². The first kappa shape index (κ1) is 18.6. The number of anilines is 2. The number of ether oxygens (including phenoxy) is 1. The van der Waals surface area contributed by atoms with Gasteiger partial charge in [-0.3, -0.25) is 0 Å². The number of benzene rings is 3. The van der Waals surface area contributed by atoms with Gasteiger partial charge >= 0.3 is 6.03 Å². The number of aromatic amines is 1. The Hall–Kier alpha value is -3.80. The highest BCUT2D eigenvalue weighted by molar-refractivity contribution is 6.10. The Morgan fingerprint density at radius 1 is 0.966 bits per heavy atom. The van der Waals surface area contributed by atoms with Crippen LogP contribution >= 0.6 is 0 Å². The molecule has 6 heteroatoms. The van der Waals surface area contributed by atoms with Gasteiger partial charge in [0, 0.05) is 22.2 Å². The smallest absolute Gasteiger partial charge is 0.323 e. The largest absolute Gasteiger partial charge is 0.494 e. The molecular formula is C23H20FN3O2. The first-order valence-electron chi connectivity index (χ1n) is 9.31. The normalized spacial score (nSPS) is 10.7. The quantitative estimate of drug-likeness (QED) is 0.391. The molecule has 0 aliphatic rings. The zero-order valence-corrected chi connectivity index (χ0v) is 15.8. The van der Waals surface area contributed by atoms with Crippen molar-refractivity contribution in [2.24, 2.45) is 0 Å². The highest BCUT2D eigenvalue weighted by Gasteiger charge is 2.15. The highest BCUT2D eigenvalue weighted by atomic mass is 19.1. The van der Waals surface area contributed by atoms with Crippen molar-refractivity contribution in [3.63, 3.8) is 0 Å². The lowest BCUT2D eigenvalue weighted by atomic mass is 10.1. The first-order chi connectivity index (χ1) is 14.1. The zero-order valence-electron chi connectivity index (χ0n) is 15.8. The van der Waals surface area contributed by atoms with Crippen molar-refractivity contribution in [1.82, 2.24) is 4.98 Å². The van der Waals surface area contributed by atoms with E-state index in [-0.39, 0.29) is 11.8 Å². The van der Waals surface area contributed by atoms with E-state index in [4.69, 9.17) is 4.74 Å². The molecule has 4 aromatic rings. The number of carbonyl (C=O) groups excluding carboxylic acids is 1. The van der Waals surface area contributed by atoms with E-state index in [9.17, 15) is 9.18 Å². The summed E-state index contributed by atoms with van der Waals surface area (Å²) >= 11 is 0. The molecule has 2 amide bonds. The van der Waals surface area contributed by atoms with E-state index in [1.54, 1.807) is 36.4 Å². The van der Waals surface area contributed by atoms with Crippen LogP contribution in [0.4, 0.5) is 20.6 Å². The number of carbonyl (C=O) groups is 1. The van der Waals surface area contributed by atoms with E-state index in [0.717, 1.165) is 22.2 Å². The maximum absolute atomic E-state index is 13.3. The van der Waals surface area contributed by atoms with Gasteiger partial charge in [-0.1, -0.05) is 18.2 Å². The molecule has 4 rings (SSSR count). The summed E-state index contributed by atoms with van der Waals surface area (Å²) in [5.41, 5.74) is 3.65. The second-order valence-corrected chi connectivity index (χ2v) is 6.46. The predicted molar refractivity (Wildman–Crippen MR) is 114 cm³/mol. The third kappa shape index (κ3) is 4.06. The van der Waals surface area contributed by atoms with E-state index < -0.39 is 0 Å². The SMILES string of the molecule is CCOc1ccc(NC(=O)Nc2c(-c3ccc(F)cc3)[nH]c3ccccc23)cc1. The van der Waals surface area contributed by atoms with Crippen LogP contribution in [0.25, 0.3) is 22.2 Å². The molecule has 0 saturated heterocycles. The van der Waals surface area contributed by atoms with Gasteiger partial charge in [0.15, 0.2) is 0 Å². The summed E-state index contributed by atoms with van der Waals surface area (Å²) in [7, 11) is 0. The molecule has 0 aliphatic heterocycles. The standard InChI is InChI=1S/C23H20FN3O2/c1-2-29-18-13-11-17(12-14-18)25-23(28)27-22-19-5-3-4-6-20(19)26-21(22)15-7-9-16(24)10-8-15/h3-14,26H,2H2,1H3,(H2,25,27,28). The molecule has 3 N–H and O–H groups in total. The van der Waals surface area contributed by atoms with Gasteiger partial charge in [-0.05, 0) is 61.5 Å². The Bertz CT molecular complexity index is 1140. The van der Waals surface area contributed by atoms with Crippen LogP contribution in [0.1, 0.15) is 6.92 Å². The average molecular weight is 389 g/mol. The molecule has 0 atom stereocenters. The van der Waals surface area contributed by atoms with Crippen molar-refractivity contribution in [2.45, 2.75) is 6.92 Å². The Kier molecular flexibility index (Phi) is 5.16. The van der Waals surface area contributed by atoms with E-state index in [0.29, 0.717) is 23.7 Å². The number of aromatic nitrogens is 1. The minimum atomic E-state index is -0.373. The van der Waals surface area contributed by atoms with Crippen molar-refractivity contribution in [2.75, 3.05) is 17.2 Å². The minimum absolute atomic E-state index is 0.312. The lowest BCUT2D eigenvalue weighted by molar-refractivity contribution is 0.262. The lowest BCUT2D eigenvalue weighted by Gasteiger charge is -2.10. The average Bonchev–Trinajstić information content (AvgIpc) is 3.09. The van der Waals surface area contributed by atoms with Gasteiger partial charge in [-0.15, -0.1) is 0 Å². The summed E-state index contributed by atoms with van der Waals surface area (Å²) in [5, 5.41) is 6.62. The summed E-state index contributed by atoms with van der Waals surface area (Å²) in [6, 6.07) is 20.6. The molecule has 0 radical (unpaired) electrons. The first-order valence-corrected chi connectivity index (χ1v) is 9.31. The number of H-pyrrole nitrogens is 1. The number of para-hydroxylation sites is 1. The zero-order chi connectivity index (χ0) is 20.2. The molecule has 0 spiro atoms. The Morgan fingerprint density at radius 3 is 2.41 bits per heavy atom. The summed E-state index contributed by atoms with van der Waals surface area (Å²) in [6.07, 6.45) is 0. The van der Waals surface area contributed by atoms with E-state index in [1.165, 1.54) is 12.1 Å². The van der Waals surface area contributed by atoms with Crippen molar-refractivity contribution in [1.29, 1.82) is 0 Å². The van der Waals surface area contributed by atoms with E-state index >= 15 is 0 Å². The van der Waals surface area contributed by atoms with Gasteiger partial charge in [0.1, 0.15) is 11.6 Å². The molecule has 0 unspecified atom stereocenters. The topological polar surface area (TPSA) is 66.2 Å². The molecule has 29 heavy (non-hydrogen) atoms. The minimum Gasteiger partial charge on any atom is -0.494 e. The number of amides is 2. The van der Waals surface area contributed by atoms with Gasteiger partial charge in [0.2, 0.25) is 0 Å². The molecule has 0 saturated carbocycles. The van der Waals surface area contributed by atoms with Crippen molar-refractivity contribution in [3.05, 3.63) is 78.6 Å². The Balaban J connectivity index is 1.61. The van der Waals surface area contributed by atoms with Crippen LogP contribution in [0.15, 0.2) is 72.8 Å². The number of hydrogen-bond acceptors (Lipinski definition) is 2. The number of halogens is 1. The van der Waals surface area contributed by atoms with Gasteiger partial charge < -0.3 is 20.4 Å². The fourth-order valence-corrected chi connectivity index (χ4v) is 3.18. The van der Waals surface area contributed by atoms with Crippen LogP contribution in [0.5, 0.6) is 5.75 Å². The molecule has 0 aliphatic carbocycles. The van der Waals surface area contributed by atoms with Gasteiger partial charge in [0.05, 0.1) is 18.0 Å². The second kappa shape index (κ2) is 8.06.